The summed E-state index contributed by atoms with van der Waals surface area (Å²) in [5.41, 5.74) is 2.51. The summed E-state index contributed by atoms with van der Waals surface area (Å²) in [6.45, 7) is 0.0718. The SMILES string of the molecule is O=C(N[C@H](c1cn2ncc(CNC(=O)[C@@H]3CCCC[C@H]3C(F)(F)F)cc2n1)C1CCCCC1)c1ccccc1. The number of rotatable bonds is 7. The molecule has 0 unspecified atom stereocenters. The van der Waals surface area contributed by atoms with Crippen molar-refractivity contribution in [2.24, 2.45) is 17.8 Å². The number of aromatic nitrogens is 3. The standard InChI is InChI=1S/C29H34F3N5O2/c30-29(31,32)23-14-8-7-13-22(23)28(39)33-16-19-15-25-35-24(18-37(25)34-17-19)26(20-9-3-1-4-10-20)36-27(38)21-11-5-2-6-12-21/h2,5-6,11-12,15,17-18,20,22-23,26H,1,3-4,7-10,13-14,16H2,(H,33,39)(H,36,38)/t22-,23-,26+/m1/s1. The van der Waals surface area contributed by atoms with E-state index in [-0.39, 0.29) is 37.3 Å². The van der Waals surface area contributed by atoms with Gasteiger partial charge in [0.2, 0.25) is 5.91 Å². The van der Waals surface area contributed by atoms with Gasteiger partial charge in [-0.2, -0.15) is 18.3 Å². The number of nitrogens with zero attached hydrogens (tertiary/aromatic N) is 3. The lowest BCUT2D eigenvalue weighted by Crippen LogP contribution is -2.42. The van der Waals surface area contributed by atoms with Gasteiger partial charge in [0, 0.05) is 18.0 Å². The monoisotopic (exact) mass is 541 g/mol. The van der Waals surface area contributed by atoms with E-state index in [9.17, 15) is 22.8 Å². The molecule has 2 N–H and O–H groups in total. The number of amides is 2. The fraction of sp³-hybridized carbons (Fsp3) is 0.517. The highest BCUT2D eigenvalue weighted by molar-refractivity contribution is 5.94. The van der Waals surface area contributed by atoms with E-state index < -0.39 is 23.9 Å². The van der Waals surface area contributed by atoms with Crippen molar-refractivity contribution in [3.63, 3.8) is 0 Å². The van der Waals surface area contributed by atoms with E-state index >= 15 is 0 Å². The number of alkyl halides is 3. The smallest absolute Gasteiger partial charge is 0.352 e. The van der Waals surface area contributed by atoms with Crippen LogP contribution in [0.2, 0.25) is 0 Å². The number of fused-ring (bicyclic) bond motifs is 1. The number of carbonyl (C=O) groups is 2. The Labute approximate surface area is 225 Å². The fourth-order valence-electron chi connectivity index (χ4n) is 6.05. The van der Waals surface area contributed by atoms with Gasteiger partial charge in [0.1, 0.15) is 0 Å². The molecular formula is C29H34F3N5O2. The van der Waals surface area contributed by atoms with Crippen molar-refractivity contribution in [1.29, 1.82) is 0 Å². The summed E-state index contributed by atoms with van der Waals surface area (Å²) in [6.07, 6.45) is 5.77. The summed E-state index contributed by atoms with van der Waals surface area (Å²) in [7, 11) is 0. The van der Waals surface area contributed by atoms with E-state index in [0.717, 1.165) is 31.4 Å². The number of hydrogen-bond acceptors (Lipinski definition) is 4. The van der Waals surface area contributed by atoms with Crippen LogP contribution in [0.15, 0.2) is 48.8 Å². The molecule has 1 aromatic carbocycles. The number of carbonyl (C=O) groups excluding carboxylic acids is 2. The largest absolute Gasteiger partial charge is 0.392 e. The lowest BCUT2D eigenvalue weighted by Gasteiger charge is -2.32. The molecule has 10 heteroatoms. The van der Waals surface area contributed by atoms with Crippen molar-refractivity contribution in [3.8, 4) is 0 Å². The zero-order chi connectivity index (χ0) is 27.4. The highest BCUT2D eigenvalue weighted by Crippen LogP contribution is 2.41. The minimum absolute atomic E-state index is 0.00503. The van der Waals surface area contributed by atoms with Crippen molar-refractivity contribution < 1.29 is 22.8 Å². The molecule has 39 heavy (non-hydrogen) atoms. The first-order valence-corrected chi connectivity index (χ1v) is 13.8. The second-order valence-corrected chi connectivity index (χ2v) is 10.8. The number of halogens is 3. The molecule has 0 aliphatic heterocycles. The minimum atomic E-state index is -4.38. The molecule has 208 valence electrons. The molecule has 3 aromatic rings. The normalized spacial score (nSPS) is 21.4. The Morgan fingerprint density at radius 3 is 2.46 bits per heavy atom. The average Bonchev–Trinajstić information content (AvgIpc) is 3.38. The Morgan fingerprint density at radius 2 is 1.72 bits per heavy atom. The highest BCUT2D eigenvalue weighted by atomic mass is 19.4. The van der Waals surface area contributed by atoms with E-state index in [4.69, 9.17) is 4.98 Å². The third-order valence-corrected chi connectivity index (χ3v) is 8.15. The van der Waals surface area contributed by atoms with Gasteiger partial charge in [0.25, 0.3) is 5.91 Å². The van der Waals surface area contributed by atoms with Crippen LogP contribution in [-0.2, 0) is 11.3 Å². The molecule has 2 aliphatic rings. The Balaban J connectivity index is 1.31. The first kappa shape index (κ1) is 27.1. The van der Waals surface area contributed by atoms with Crippen molar-refractivity contribution in [1.82, 2.24) is 25.2 Å². The third-order valence-electron chi connectivity index (χ3n) is 8.15. The Kier molecular flexibility index (Phi) is 8.18. The molecule has 2 fully saturated rings. The van der Waals surface area contributed by atoms with E-state index in [2.05, 4.69) is 15.7 Å². The molecule has 5 rings (SSSR count). The number of benzene rings is 1. The minimum Gasteiger partial charge on any atom is -0.352 e. The molecule has 0 spiro atoms. The molecule has 0 saturated heterocycles. The molecule has 2 aromatic heterocycles. The topological polar surface area (TPSA) is 88.4 Å². The molecule has 2 aliphatic carbocycles. The molecule has 2 amide bonds. The van der Waals surface area contributed by atoms with Crippen LogP contribution in [0.4, 0.5) is 13.2 Å². The number of nitrogens with one attached hydrogen (secondary N) is 2. The highest BCUT2D eigenvalue weighted by Gasteiger charge is 2.48. The maximum atomic E-state index is 13.4. The Morgan fingerprint density at radius 1 is 1.00 bits per heavy atom. The molecule has 2 heterocycles. The maximum Gasteiger partial charge on any atom is 0.392 e. The summed E-state index contributed by atoms with van der Waals surface area (Å²) >= 11 is 0. The predicted molar refractivity (Wildman–Crippen MR) is 140 cm³/mol. The van der Waals surface area contributed by atoms with Crippen LogP contribution in [0.5, 0.6) is 0 Å². The zero-order valence-corrected chi connectivity index (χ0v) is 21.8. The van der Waals surface area contributed by atoms with Gasteiger partial charge < -0.3 is 10.6 Å². The van der Waals surface area contributed by atoms with Gasteiger partial charge in [-0.05, 0) is 55.4 Å². The molecule has 7 nitrogen and oxygen atoms in total. The van der Waals surface area contributed by atoms with Gasteiger partial charge in [0.15, 0.2) is 5.65 Å². The van der Waals surface area contributed by atoms with Crippen LogP contribution in [0.25, 0.3) is 5.65 Å². The molecule has 0 bridgehead atoms. The second kappa shape index (κ2) is 11.8. The van der Waals surface area contributed by atoms with E-state index in [1.807, 2.05) is 24.4 Å². The van der Waals surface area contributed by atoms with Crippen LogP contribution in [0, 0.1) is 17.8 Å². The van der Waals surface area contributed by atoms with Crippen LogP contribution >= 0.6 is 0 Å². The fourth-order valence-corrected chi connectivity index (χ4v) is 6.05. The lowest BCUT2D eigenvalue weighted by molar-refractivity contribution is -0.198. The summed E-state index contributed by atoms with van der Waals surface area (Å²) in [5, 5.41) is 10.3. The van der Waals surface area contributed by atoms with Gasteiger partial charge in [0.05, 0.1) is 30.0 Å². The van der Waals surface area contributed by atoms with E-state index in [1.165, 1.54) is 6.42 Å². The molecule has 2 saturated carbocycles. The maximum absolute atomic E-state index is 13.4. The van der Waals surface area contributed by atoms with Crippen molar-refractivity contribution in [2.75, 3.05) is 0 Å². The second-order valence-electron chi connectivity index (χ2n) is 10.8. The van der Waals surface area contributed by atoms with Gasteiger partial charge in [-0.3, -0.25) is 9.59 Å². The van der Waals surface area contributed by atoms with Gasteiger partial charge >= 0.3 is 6.18 Å². The summed E-state index contributed by atoms with van der Waals surface area (Å²) in [5.74, 6) is -3.11. The quantitative estimate of drug-likeness (QED) is 0.398. The summed E-state index contributed by atoms with van der Waals surface area (Å²) in [6, 6.07) is 10.6. The zero-order valence-electron chi connectivity index (χ0n) is 21.8. The number of hydrogen-bond donors (Lipinski definition) is 2. The summed E-state index contributed by atoms with van der Waals surface area (Å²) < 4.78 is 42.0. The molecular weight excluding hydrogens is 507 g/mol. The Hall–Kier alpha value is -3.43. The van der Waals surface area contributed by atoms with Crippen molar-refractivity contribution >= 4 is 17.5 Å². The van der Waals surface area contributed by atoms with Crippen LogP contribution in [-0.4, -0.2) is 32.6 Å². The van der Waals surface area contributed by atoms with Crippen LogP contribution in [0.1, 0.15) is 85.4 Å². The number of imidazole rings is 1. The van der Waals surface area contributed by atoms with Gasteiger partial charge in [-0.25, -0.2) is 9.50 Å². The first-order chi connectivity index (χ1) is 18.8. The van der Waals surface area contributed by atoms with Crippen LogP contribution in [0.3, 0.4) is 0 Å². The van der Waals surface area contributed by atoms with E-state index in [0.29, 0.717) is 29.6 Å². The third kappa shape index (κ3) is 6.42. The first-order valence-electron chi connectivity index (χ1n) is 13.8. The molecule has 0 radical (unpaired) electrons. The molecule has 3 atom stereocenters. The lowest BCUT2D eigenvalue weighted by atomic mass is 9.78. The van der Waals surface area contributed by atoms with E-state index in [1.54, 1.807) is 28.9 Å². The van der Waals surface area contributed by atoms with Crippen molar-refractivity contribution in [2.45, 2.75) is 76.6 Å². The van der Waals surface area contributed by atoms with Crippen molar-refractivity contribution in [3.05, 3.63) is 65.6 Å². The Bertz CT molecular complexity index is 1290. The predicted octanol–water partition coefficient (Wildman–Crippen LogP) is 5.77. The van der Waals surface area contributed by atoms with Gasteiger partial charge in [-0.15, -0.1) is 0 Å². The van der Waals surface area contributed by atoms with Crippen LogP contribution < -0.4 is 10.6 Å². The van der Waals surface area contributed by atoms with Gasteiger partial charge in [-0.1, -0.05) is 50.3 Å². The average molecular weight is 542 g/mol. The summed E-state index contributed by atoms with van der Waals surface area (Å²) in [4.78, 5) is 30.5.